The molecule has 0 amide bonds. The molecule has 1 unspecified atom stereocenters. The molecule has 0 aromatic carbocycles. The molecule has 0 aliphatic rings. The van der Waals surface area contributed by atoms with Crippen molar-refractivity contribution in [2.75, 3.05) is 0 Å². The third-order valence-corrected chi connectivity index (χ3v) is 2.91. The minimum absolute atomic E-state index is 0. The van der Waals surface area contributed by atoms with Crippen LogP contribution >= 0.6 is 0 Å². The molecule has 0 aromatic heterocycles. The van der Waals surface area contributed by atoms with E-state index in [9.17, 15) is 0 Å². The third-order valence-electron chi connectivity index (χ3n) is 2.91. The van der Waals surface area contributed by atoms with Crippen molar-refractivity contribution in [1.82, 2.24) is 0 Å². The van der Waals surface area contributed by atoms with Crippen LogP contribution in [0.2, 0.25) is 0 Å². The van der Waals surface area contributed by atoms with E-state index in [1.165, 1.54) is 51.4 Å². The van der Waals surface area contributed by atoms with Crippen LogP contribution in [0.25, 0.3) is 0 Å². The second-order valence-corrected chi connectivity index (χ2v) is 4.12. The van der Waals surface area contributed by atoms with Crippen molar-refractivity contribution in [3.05, 3.63) is 6.92 Å². The standard InChI is InChI=1S/C13H27.2Y/c1-4-7-9-10-12-13(6-3)11-8-5-2;;/h13H,2,4-12H2,1,3H3;;/q-1;;. The molecule has 0 saturated heterocycles. The van der Waals surface area contributed by atoms with Gasteiger partial charge in [-0.25, -0.2) is 0 Å². The van der Waals surface area contributed by atoms with Crippen molar-refractivity contribution in [3.8, 4) is 0 Å². The van der Waals surface area contributed by atoms with E-state index >= 15 is 0 Å². The summed E-state index contributed by atoms with van der Waals surface area (Å²) in [5.74, 6) is 0.985. The van der Waals surface area contributed by atoms with E-state index < -0.39 is 0 Å². The average molecular weight is 361 g/mol. The summed E-state index contributed by atoms with van der Waals surface area (Å²) in [6, 6.07) is 0. The SMILES string of the molecule is [CH2-]CCCC(CC)CCCCCC.[Y].[Y]. The number of unbranched alkanes of at least 4 members (excludes halogenated alkanes) is 4. The molecular weight excluding hydrogens is 334 g/mol. The zero-order valence-electron chi connectivity index (χ0n) is 10.8. The molecule has 0 fully saturated rings. The molecule has 86 valence electrons. The fourth-order valence-electron chi connectivity index (χ4n) is 1.85. The molecular formula is C13H27Y2-. The topological polar surface area (TPSA) is 0 Å². The van der Waals surface area contributed by atoms with Crippen LogP contribution in [0, 0.1) is 12.8 Å². The van der Waals surface area contributed by atoms with Gasteiger partial charge in [-0.15, -0.1) is 0 Å². The van der Waals surface area contributed by atoms with Crippen LogP contribution in [-0.4, -0.2) is 0 Å². The molecule has 0 N–H and O–H groups in total. The van der Waals surface area contributed by atoms with E-state index in [1.54, 1.807) is 0 Å². The Morgan fingerprint density at radius 1 is 0.867 bits per heavy atom. The minimum atomic E-state index is 0. The summed E-state index contributed by atoms with van der Waals surface area (Å²) in [5.41, 5.74) is 0. The van der Waals surface area contributed by atoms with Gasteiger partial charge in [0.1, 0.15) is 0 Å². The van der Waals surface area contributed by atoms with Gasteiger partial charge in [-0.05, 0) is 5.92 Å². The van der Waals surface area contributed by atoms with Crippen molar-refractivity contribution in [2.45, 2.75) is 71.6 Å². The van der Waals surface area contributed by atoms with Crippen LogP contribution in [0.15, 0.2) is 0 Å². The van der Waals surface area contributed by atoms with Crippen LogP contribution in [0.5, 0.6) is 0 Å². The smallest absolute Gasteiger partial charge is 0 e. The Bertz CT molecular complexity index is 94.5. The Labute approximate surface area is 148 Å². The summed E-state index contributed by atoms with van der Waals surface area (Å²) in [7, 11) is 0. The predicted octanol–water partition coefficient (Wildman–Crippen LogP) is 4.98. The maximum atomic E-state index is 3.90. The molecule has 1 atom stereocenters. The predicted molar refractivity (Wildman–Crippen MR) is 61.7 cm³/mol. The molecule has 0 aliphatic carbocycles. The first-order valence-corrected chi connectivity index (χ1v) is 6.14. The van der Waals surface area contributed by atoms with Crippen molar-refractivity contribution < 1.29 is 65.4 Å². The molecule has 0 nitrogen and oxygen atoms in total. The van der Waals surface area contributed by atoms with Gasteiger partial charge in [0.15, 0.2) is 0 Å². The van der Waals surface area contributed by atoms with Gasteiger partial charge in [-0.3, -0.25) is 0 Å². The molecule has 0 aromatic rings. The third kappa shape index (κ3) is 16.2. The van der Waals surface area contributed by atoms with Gasteiger partial charge < -0.3 is 6.92 Å². The largest absolute Gasteiger partial charge is 0.343 e. The molecule has 0 rings (SSSR count). The summed E-state index contributed by atoms with van der Waals surface area (Å²) < 4.78 is 0. The minimum Gasteiger partial charge on any atom is -0.343 e. The van der Waals surface area contributed by atoms with Gasteiger partial charge >= 0.3 is 0 Å². The van der Waals surface area contributed by atoms with Gasteiger partial charge in [0.05, 0.1) is 0 Å². The van der Waals surface area contributed by atoms with Crippen LogP contribution < -0.4 is 0 Å². The van der Waals surface area contributed by atoms with E-state index in [-0.39, 0.29) is 65.4 Å². The normalized spacial score (nSPS) is 11.4. The zero-order chi connectivity index (χ0) is 9.94. The Kier molecular flexibility index (Phi) is 27.7. The Hall–Kier alpha value is 2.21. The van der Waals surface area contributed by atoms with Crippen molar-refractivity contribution in [1.29, 1.82) is 0 Å². The molecule has 0 saturated carbocycles. The van der Waals surface area contributed by atoms with Crippen LogP contribution in [-0.2, 0) is 65.4 Å². The zero-order valence-corrected chi connectivity index (χ0v) is 16.5. The van der Waals surface area contributed by atoms with E-state index in [0.717, 1.165) is 12.3 Å². The van der Waals surface area contributed by atoms with E-state index in [4.69, 9.17) is 0 Å². The molecule has 15 heavy (non-hydrogen) atoms. The Morgan fingerprint density at radius 2 is 1.47 bits per heavy atom. The summed E-state index contributed by atoms with van der Waals surface area (Å²) >= 11 is 0. The number of hydrogen-bond acceptors (Lipinski definition) is 0. The van der Waals surface area contributed by atoms with E-state index in [2.05, 4.69) is 20.8 Å². The summed E-state index contributed by atoms with van der Waals surface area (Å²) in [6.45, 7) is 8.51. The van der Waals surface area contributed by atoms with Crippen molar-refractivity contribution >= 4 is 0 Å². The van der Waals surface area contributed by atoms with E-state index in [0.29, 0.717) is 0 Å². The molecule has 2 radical (unpaired) electrons. The van der Waals surface area contributed by atoms with Crippen molar-refractivity contribution in [3.63, 3.8) is 0 Å². The summed E-state index contributed by atoms with van der Waals surface area (Å²) in [4.78, 5) is 0. The van der Waals surface area contributed by atoms with Crippen molar-refractivity contribution in [2.24, 2.45) is 5.92 Å². The quantitative estimate of drug-likeness (QED) is 0.401. The summed E-state index contributed by atoms with van der Waals surface area (Å²) in [6.07, 6.45) is 12.3. The van der Waals surface area contributed by atoms with Crippen LogP contribution in [0.1, 0.15) is 71.6 Å². The van der Waals surface area contributed by atoms with Gasteiger partial charge in [0.25, 0.3) is 0 Å². The first-order valence-electron chi connectivity index (χ1n) is 6.14. The number of hydrogen-bond donors (Lipinski definition) is 0. The fourth-order valence-corrected chi connectivity index (χ4v) is 1.85. The molecule has 0 spiro atoms. The van der Waals surface area contributed by atoms with Crippen LogP contribution in [0.4, 0.5) is 0 Å². The Morgan fingerprint density at radius 3 is 1.93 bits per heavy atom. The molecule has 0 bridgehead atoms. The van der Waals surface area contributed by atoms with Crippen LogP contribution in [0.3, 0.4) is 0 Å². The van der Waals surface area contributed by atoms with Gasteiger partial charge in [-0.1, -0.05) is 65.2 Å². The first kappa shape index (κ1) is 22.4. The number of rotatable bonds is 9. The molecule has 0 heterocycles. The first-order chi connectivity index (χ1) is 6.35. The maximum absolute atomic E-state index is 3.90. The summed E-state index contributed by atoms with van der Waals surface area (Å²) in [5, 5.41) is 0. The van der Waals surface area contributed by atoms with Gasteiger partial charge in [0, 0.05) is 65.4 Å². The van der Waals surface area contributed by atoms with Gasteiger partial charge in [-0.2, -0.15) is 6.42 Å². The second kappa shape index (κ2) is 18.6. The molecule has 0 aliphatic heterocycles. The maximum Gasteiger partial charge on any atom is 0 e. The fraction of sp³-hybridized carbons (Fsp3) is 0.923. The van der Waals surface area contributed by atoms with E-state index in [1.807, 2.05) is 0 Å². The van der Waals surface area contributed by atoms with Gasteiger partial charge in [0.2, 0.25) is 0 Å². The monoisotopic (exact) mass is 361 g/mol. The average Bonchev–Trinajstić information content (AvgIpc) is 2.17. The second-order valence-electron chi connectivity index (χ2n) is 4.12. The Balaban J connectivity index is -0.000000720. The molecule has 2 heteroatoms.